The molecule has 82 valence electrons. The van der Waals surface area contributed by atoms with E-state index in [4.69, 9.17) is 0 Å². The van der Waals surface area contributed by atoms with Crippen molar-refractivity contribution >= 4 is 0 Å². The molecule has 1 aromatic carbocycles. The lowest BCUT2D eigenvalue weighted by Gasteiger charge is -2.06. The van der Waals surface area contributed by atoms with E-state index in [1.54, 1.807) is 26.0 Å². The Kier molecular flexibility index (Phi) is 2.56. The minimum atomic E-state index is -0.446. The summed E-state index contributed by atoms with van der Waals surface area (Å²) in [6.45, 7) is 3.56. The third-order valence-electron chi connectivity index (χ3n) is 2.27. The van der Waals surface area contributed by atoms with Crippen LogP contribution in [0.2, 0.25) is 0 Å². The lowest BCUT2D eigenvalue weighted by molar-refractivity contribution is 0.604. The Hall–Kier alpha value is -1.97. The van der Waals surface area contributed by atoms with E-state index in [-0.39, 0.29) is 11.2 Å². The van der Waals surface area contributed by atoms with E-state index in [1.807, 2.05) is 0 Å². The van der Waals surface area contributed by atoms with E-state index < -0.39 is 5.82 Å². The average molecular weight is 218 g/mol. The number of nitrogens with zero attached hydrogens (tertiary/aromatic N) is 2. The fourth-order valence-electron chi connectivity index (χ4n) is 1.46. The molecule has 0 saturated heterocycles. The van der Waals surface area contributed by atoms with Crippen LogP contribution in [0, 0.1) is 19.7 Å². The summed E-state index contributed by atoms with van der Waals surface area (Å²) >= 11 is 0. The molecule has 2 aromatic rings. The Labute approximate surface area is 92.2 Å². The molecule has 0 radical (unpaired) electrons. The van der Waals surface area contributed by atoms with Gasteiger partial charge in [0.1, 0.15) is 11.5 Å². The highest BCUT2D eigenvalue weighted by molar-refractivity contribution is 5.35. The number of hydrogen-bond acceptors (Lipinski definition) is 2. The molecular formula is C12H11FN2O. The molecule has 0 unspecified atom stereocenters. The molecule has 4 heteroatoms. The summed E-state index contributed by atoms with van der Waals surface area (Å²) in [7, 11) is 0. The maximum absolute atomic E-state index is 13.6. The highest BCUT2D eigenvalue weighted by atomic mass is 19.1. The first-order valence-corrected chi connectivity index (χ1v) is 4.90. The third kappa shape index (κ3) is 1.86. The molecule has 0 fully saturated rings. The van der Waals surface area contributed by atoms with Gasteiger partial charge in [-0.2, -0.15) is 9.78 Å². The van der Waals surface area contributed by atoms with Crippen molar-refractivity contribution in [2.45, 2.75) is 13.8 Å². The van der Waals surface area contributed by atoms with Gasteiger partial charge in [-0.05, 0) is 37.1 Å². The Balaban J connectivity index is 2.63. The van der Waals surface area contributed by atoms with Gasteiger partial charge in [-0.3, -0.25) is 4.79 Å². The summed E-state index contributed by atoms with van der Waals surface area (Å²) in [5.41, 5.74) is 1.41. The second-order valence-corrected chi connectivity index (χ2v) is 3.74. The van der Waals surface area contributed by atoms with Gasteiger partial charge in [0.05, 0.1) is 6.20 Å². The molecule has 1 aromatic heterocycles. The quantitative estimate of drug-likeness (QED) is 0.733. The van der Waals surface area contributed by atoms with E-state index in [9.17, 15) is 9.18 Å². The molecule has 0 aliphatic rings. The monoisotopic (exact) mass is 218 g/mol. The minimum Gasteiger partial charge on any atom is -0.267 e. The molecule has 0 N–H and O–H groups in total. The summed E-state index contributed by atoms with van der Waals surface area (Å²) in [6.07, 6.45) is 1.53. The number of benzene rings is 1. The predicted molar refractivity (Wildman–Crippen MR) is 59.3 cm³/mol. The largest absolute Gasteiger partial charge is 0.271 e. The highest BCUT2D eigenvalue weighted by Gasteiger charge is 2.07. The van der Waals surface area contributed by atoms with E-state index in [1.165, 1.54) is 18.3 Å². The van der Waals surface area contributed by atoms with Crippen molar-refractivity contribution in [3.63, 3.8) is 0 Å². The second kappa shape index (κ2) is 3.89. The average Bonchev–Trinajstić information content (AvgIpc) is 2.19. The fourth-order valence-corrected chi connectivity index (χ4v) is 1.46. The zero-order valence-corrected chi connectivity index (χ0v) is 9.07. The van der Waals surface area contributed by atoms with Crippen LogP contribution in [-0.2, 0) is 0 Å². The molecule has 0 aliphatic heterocycles. The molecule has 0 amide bonds. The van der Waals surface area contributed by atoms with Crippen molar-refractivity contribution < 1.29 is 4.39 Å². The van der Waals surface area contributed by atoms with E-state index >= 15 is 0 Å². The van der Waals surface area contributed by atoms with Gasteiger partial charge in [-0.25, -0.2) is 4.39 Å². The van der Waals surface area contributed by atoms with Gasteiger partial charge in [-0.1, -0.05) is 6.07 Å². The first-order chi connectivity index (χ1) is 7.58. The normalized spacial score (nSPS) is 10.4. The molecule has 0 aliphatic carbocycles. The third-order valence-corrected chi connectivity index (χ3v) is 2.27. The van der Waals surface area contributed by atoms with Crippen LogP contribution in [0.4, 0.5) is 4.39 Å². The van der Waals surface area contributed by atoms with Gasteiger partial charge in [-0.15, -0.1) is 0 Å². The van der Waals surface area contributed by atoms with Crippen LogP contribution < -0.4 is 5.56 Å². The zero-order chi connectivity index (χ0) is 11.7. The van der Waals surface area contributed by atoms with Crippen LogP contribution in [0.3, 0.4) is 0 Å². The molecule has 16 heavy (non-hydrogen) atoms. The summed E-state index contributed by atoms with van der Waals surface area (Å²) < 4.78 is 14.7. The lowest BCUT2D eigenvalue weighted by atomic mass is 10.2. The predicted octanol–water partition coefficient (Wildman–Crippen LogP) is 1.99. The van der Waals surface area contributed by atoms with Crippen molar-refractivity contribution in [2.75, 3.05) is 0 Å². The maximum atomic E-state index is 13.6. The van der Waals surface area contributed by atoms with Gasteiger partial charge in [0.15, 0.2) is 0 Å². The topological polar surface area (TPSA) is 34.9 Å². The van der Waals surface area contributed by atoms with Crippen LogP contribution >= 0.6 is 0 Å². The first kappa shape index (κ1) is 10.5. The summed E-state index contributed by atoms with van der Waals surface area (Å²) in [5, 5.41) is 3.90. The minimum absolute atomic E-state index is 0.176. The zero-order valence-electron chi connectivity index (χ0n) is 9.07. The lowest BCUT2D eigenvalue weighted by Crippen LogP contribution is -2.21. The number of aromatic nitrogens is 2. The van der Waals surface area contributed by atoms with Gasteiger partial charge < -0.3 is 0 Å². The molecule has 2 rings (SSSR count). The Morgan fingerprint density at radius 3 is 2.56 bits per heavy atom. The van der Waals surface area contributed by atoms with Gasteiger partial charge in [0.25, 0.3) is 5.56 Å². The standard InChI is InChI=1S/C12H11FN2O/c1-8-3-4-11(10(13)5-8)15-12(16)6-9(2)7-14-15/h3-7H,1-2H3. The molecule has 0 saturated carbocycles. The SMILES string of the molecule is Cc1ccc(-n2ncc(C)cc2=O)c(F)c1. The van der Waals surface area contributed by atoms with Crippen molar-refractivity contribution in [3.05, 3.63) is 57.8 Å². The smallest absolute Gasteiger partial charge is 0.267 e. The number of hydrogen-bond donors (Lipinski definition) is 0. The maximum Gasteiger partial charge on any atom is 0.271 e. The molecular weight excluding hydrogens is 207 g/mol. The van der Waals surface area contributed by atoms with E-state index in [0.29, 0.717) is 0 Å². The molecule has 0 bridgehead atoms. The van der Waals surface area contributed by atoms with Crippen LogP contribution in [0.5, 0.6) is 0 Å². The van der Waals surface area contributed by atoms with Gasteiger partial charge in [0, 0.05) is 6.07 Å². The van der Waals surface area contributed by atoms with Crippen molar-refractivity contribution in [1.82, 2.24) is 9.78 Å². The molecule has 0 spiro atoms. The second-order valence-electron chi connectivity index (χ2n) is 3.74. The first-order valence-electron chi connectivity index (χ1n) is 4.90. The Morgan fingerprint density at radius 1 is 1.19 bits per heavy atom. The molecule has 1 heterocycles. The Morgan fingerprint density at radius 2 is 1.94 bits per heavy atom. The van der Waals surface area contributed by atoms with Crippen LogP contribution in [0.1, 0.15) is 11.1 Å². The number of rotatable bonds is 1. The van der Waals surface area contributed by atoms with E-state index in [2.05, 4.69) is 5.10 Å². The van der Waals surface area contributed by atoms with Gasteiger partial charge in [0.2, 0.25) is 0 Å². The van der Waals surface area contributed by atoms with Crippen molar-refractivity contribution in [3.8, 4) is 5.69 Å². The highest BCUT2D eigenvalue weighted by Crippen LogP contribution is 2.12. The Bertz CT molecular complexity index is 590. The van der Waals surface area contributed by atoms with Crippen LogP contribution in [-0.4, -0.2) is 9.78 Å². The summed E-state index contributed by atoms with van der Waals surface area (Å²) in [6, 6.07) is 6.09. The van der Waals surface area contributed by atoms with E-state index in [0.717, 1.165) is 15.8 Å². The summed E-state index contributed by atoms with van der Waals surface area (Å²) in [4.78, 5) is 11.6. The van der Waals surface area contributed by atoms with Crippen molar-refractivity contribution in [1.29, 1.82) is 0 Å². The number of aryl methyl sites for hydroxylation is 2. The molecule has 0 atom stereocenters. The van der Waals surface area contributed by atoms with Crippen LogP contribution in [0.15, 0.2) is 35.3 Å². The van der Waals surface area contributed by atoms with Crippen molar-refractivity contribution in [2.24, 2.45) is 0 Å². The fraction of sp³-hybridized carbons (Fsp3) is 0.167. The number of halogens is 1. The van der Waals surface area contributed by atoms with Gasteiger partial charge >= 0.3 is 0 Å². The van der Waals surface area contributed by atoms with Crippen LogP contribution in [0.25, 0.3) is 5.69 Å². The summed E-state index contributed by atoms with van der Waals surface area (Å²) in [5.74, 6) is -0.446. The molecule has 3 nitrogen and oxygen atoms in total.